The van der Waals surface area contributed by atoms with Crippen LogP contribution in [0.25, 0.3) is 22.4 Å². The predicted octanol–water partition coefficient (Wildman–Crippen LogP) is 3.31. The molecule has 0 N–H and O–H groups in total. The van der Waals surface area contributed by atoms with Crippen molar-refractivity contribution in [2.75, 3.05) is 6.61 Å². The van der Waals surface area contributed by atoms with Crippen LogP contribution in [-0.2, 0) is 42.9 Å². The summed E-state index contributed by atoms with van der Waals surface area (Å²) < 4.78 is 29.2. The van der Waals surface area contributed by atoms with Gasteiger partial charge in [0.15, 0.2) is 24.5 Å². The van der Waals surface area contributed by atoms with E-state index in [1.807, 2.05) is 6.07 Å². The van der Waals surface area contributed by atoms with Crippen LogP contribution in [0, 0.1) is 11.3 Å². The summed E-state index contributed by atoms with van der Waals surface area (Å²) >= 11 is 0. The molecule has 3 aromatic rings. The lowest BCUT2D eigenvalue weighted by molar-refractivity contribution is -0.268. The highest BCUT2D eigenvalue weighted by molar-refractivity contribution is 5.76. The van der Waals surface area contributed by atoms with E-state index in [2.05, 4.69) is 0 Å². The Bertz CT molecular complexity index is 1650. The van der Waals surface area contributed by atoms with E-state index < -0.39 is 66.7 Å². The molecule has 4 rings (SSSR count). The summed E-state index contributed by atoms with van der Waals surface area (Å²) in [5, 5.41) is 10.2. The van der Waals surface area contributed by atoms with Gasteiger partial charge in [-0.2, -0.15) is 5.26 Å². The smallest absolute Gasteiger partial charge is 0.303 e. The number of hydrogen-bond donors (Lipinski definition) is 0. The van der Waals surface area contributed by atoms with Crippen molar-refractivity contribution in [1.82, 2.24) is 4.57 Å². The topological polar surface area (TPSA) is 160 Å². The second-order valence-electron chi connectivity index (χ2n) is 9.93. The fourth-order valence-corrected chi connectivity index (χ4v) is 5.07. The van der Waals surface area contributed by atoms with E-state index in [4.69, 9.17) is 23.7 Å². The van der Waals surface area contributed by atoms with Gasteiger partial charge in [-0.1, -0.05) is 60.7 Å². The molecule has 0 amide bonds. The summed E-state index contributed by atoms with van der Waals surface area (Å²) in [7, 11) is 0. The number of carbonyl (C=O) groups excluding carboxylic acids is 4. The second kappa shape index (κ2) is 13.8. The lowest BCUT2D eigenvalue weighted by atomic mass is 9.95. The van der Waals surface area contributed by atoms with Crippen LogP contribution in [0.2, 0.25) is 0 Å². The Labute approximate surface area is 252 Å². The van der Waals surface area contributed by atoms with Crippen molar-refractivity contribution < 1.29 is 42.9 Å². The second-order valence-corrected chi connectivity index (χ2v) is 9.93. The van der Waals surface area contributed by atoms with Crippen molar-refractivity contribution in [3.63, 3.8) is 0 Å². The fourth-order valence-electron chi connectivity index (χ4n) is 5.07. The maximum Gasteiger partial charge on any atom is 0.303 e. The molecule has 1 saturated heterocycles. The van der Waals surface area contributed by atoms with Gasteiger partial charge in [-0.25, -0.2) is 0 Å². The first-order valence-corrected chi connectivity index (χ1v) is 13.6. The average Bonchev–Trinajstić information content (AvgIpc) is 2.98. The molecule has 0 unspecified atom stereocenters. The van der Waals surface area contributed by atoms with Crippen molar-refractivity contribution in [2.45, 2.75) is 58.3 Å². The maximum atomic E-state index is 14.3. The van der Waals surface area contributed by atoms with Gasteiger partial charge in [0.1, 0.15) is 24.3 Å². The molecule has 1 fully saturated rings. The van der Waals surface area contributed by atoms with Gasteiger partial charge in [0.2, 0.25) is 0 Å². The number of ether oxygens (including phenoxy) is 5. The molecule has 228 valence electrons. The standard InChI is InChI=1S/C32H30N2O10/c1-18(35)40-17-27-28(41-19(2)36)29(42-20(3)37)30(43-21(4)38)32(44-27)34-26(23-13-9-6-10-14-23)15-24(25(16-33)31(34)39)22-11-7-5-8-12-22/h5-15,27-30,32H,17H2,1-4H3/t27-,28-,29+,30-,32-/m1/s1. The number of nitrogens with zero attached hydrogens (tertiary/aromatic N) is 2. The maximum absolute atomic E-state index is 14.3. The number of pyridine rings is 1. The van der Waals surface area contributed by atoms with Gasteiger partial charge in [-0.15, -0.1) is 0 Å². The number of hydrogen-bond acceptors (Lipinski definition) is 11. The van der Waals surface area contributed by atoms with Crippen LogP contribution >= 0.6 is 0 Å². The zero-order valence-corrected chi connectivity index (χ0v) is 24.4. The first-order chi connectivity index (χ1) is 21.0. The zero-order chi connectivity index (χ0) is 32.0. The third-order valence-electron chi connectivity index (χ3n) is 6.73. The van der Waals surface area contributed by atoms with Crippen LogP contribution in [0.15, 0.2) is 71.5 Å². The van der Waals surface area contributed by atoms with Crippen LogP contribution in [0.1, 0.15) is 39.5 Å². The minimum absolute atomic E-state index is 0.233. The summed E-state index contributed by atoms with van der Waals surface area (Å²) in [6, 6.07) is 21.2. The van der Waals surface area contributed by atoms with Gasteiger partial charge in [0, 0.05) is 33.3 Å². The van der Waals surface area contributed by atoms with Crippen molar-refractivity contribution in [1.29, 1.82) is 5.26 Å². The first-order valence-electron chi connectivity index (χ1n) is 13.6. The Kier molecular flexibility index (Phi) is 9.92. The molecule has 12 nitrogen and oxygen atoms in total. The number of esters is 4. The molecule has 1 aliphatic rings. The van der Waals surface area contributed by atoms with Crippen molar-refractivity contribution in [3.8, 4) is 28.5 Å². The highest BCUT2D eigenvalue weighted by Gasteiger charge is 2.53. The largest absolute Gasteiger partial charge is 0.463 e. The summed E-state index contributed by atoms with van der Waals surface area (Å²) in [6.07, 6.45) is -7.31. The Hall–Kier alpha value is -5.28. The van der Waals surface area contributed by atoms with E-state index in [9.17, 15) is 29.2 Å². The molecule has 0 aliphatic carbocycles. The molecular weight excluding hydrogens is 572 g/mol. The van der Waals surface area contributed by atoms with Crippen LogP contribution in [-0.4, -0.2) is 59.5 Å². The molecule has 2 heterocycles. The van der Waals surface area contributed by atoms with Crippen LogP contribution in [0.4, 0.5) is 0 Å². The lowest BCUT2D eigenvalue weighted by Gasteiger charge is -2.45. The van der Waals surface area contributed by atoms with Crippen LogP contribution in [0.3, 0.4) is 0 Å². The third-order valence-corrected chi connectivity index (χ3v) is 6.73. The average molecular weight is 603 g/mol. The molecule has 12 heteroatoms. The van der Waals surface area contributed by atoms with Crippen molar-refractivity contribution >= 4 is 23.9 Å². The van der Waals surface area contributed by atoms with Gasteiger partial charge >= 0.3 is 23.9 Å². The highest BCUT2D eigenvalue weighted by atomic mass is 16.7. The minimum atomic E-state index is -1.55. The molecule has 0 spiro atoms. The number of carbonyl (C=O) groups is 4. The molecule has 5 atom stereocenters. The Balaban J connectivity index is 2.04. The summed E-state index contributed by atoms with van der Waals surface area (Å²) in [6.45, 7) is 4.00. The zero-order valence-electron chi connectivity index (χ0n) is 24.4. The monoisotopic (exact) mass is 602 g/mol. The molecule has 1 aromatic heterocycles. The van der Waals surface area contributed by atoms with Crippen molar-refractivity contribution in [2.24, 2.45) is 0 Å². The van der Waals surface area contributed by atoms with E-state index in [0.717, 1.165) is 32.3 Å². The first kappa shape index (κ1) is 31.7. The van der Waals surface area contributed by atoms with Crippen LogP contribution in [0.5, 0.6) is 0 Å². The molecule has 44 heavy (non-hydrogen) atoms. The molecule has 2 aromatic carbocycles. The molecule has 1 aliphatic heterocycles. The Morgan fingerprint density at radius 3 is 1.82 bits per heavy atom. The van der Waals surface area contributed by atoms with Gasteiger partial charge in [-0.05, 0) is 17.2 Å². The van der Waals surface area contributed by atoms with E-state index in [-0.39, 0.29) is 11.3 Å². The molecule has 0 saturated carbocycles. The van der Waals surface area contributed by atoms with Gasteiger partial charge < -0.3 is 23.7 Å². The Morgan fingerprint density at radius 1 is 0.773 bits per heavy atom. The van der Waals surface area contributed by atoms with Gasteiger partial charge in [0.25, 0.3) is 5.56 Å². The quantitative estimate of drug-likeness (QED) is 0.275. The fraction of sp³-hybridized carbons (Fsp3) is 0.312. The number of benzene rings is 2. The molecule has 0 radical (unpaired) electrons. The van der Waals surface area contributed by atoms with Gasteiger partial charge in [-0.3, -0.25) is 28.5 Å². The Morgan fingerprint density at radius 2 is 1.30 bits per heavy atom. The lowest BCUT2D eigenvalue weighted by Crippen LogP contribution is -2.61. The van der Waals surface area contributed by atoms with E-state index >= 15 is 0 Å². The molecule has 0 bridgehead atoms. The normalized spacial score (nSPS) is 20.9. The number of nitriles is 1. The number of aromatic nitrogens is 1. The van der Waals surface area contributed by atoms with Crippen molar-refractivity contribution in [3.05, 3.63) is 82.6 Å². The van der Waals surface area contributed by atoms with Crippen LogP contribution < -0.4 is 5.56 Å². The summed E-state index contributed by atoms with van der Waals surface area (Å²) in [5.74, 6) is -3.11. The highest BCUT2D eigenvalue weighted by Crippen LogP contribution is 2.38. The summed E-state index contributed by atoms with van der Waals surface area (Å²) in [4.78, 5) is 62.9. The third kappa shape index (κ3) is 7.02. The van der Waals surface area contributed by atoms with Gasteiger partial charge in [0.05, 0.1) is 5.69 Å². The predicted molar refractivity (Wildman–Crippen MR) is 153 cm³/mol. The van der Waals surface area contributed by atoms with E-state index in [1.165, 1.54) is 0 Å². The number of rotatable bonds is 8. The van der Waals surface area contributed by atoms with E-state index in [0.29, 0.717) is 16.7 Å². The van der Waals surface area contributed by atoms with E-state index in [1.54, 1.807) is 66.7 Å². The SMILES string of the molecule is CC(=O)OC[C@H]1O[C@@H](n2c(-c3ccccc3)cc(-c3ccccc3)c(C#N)c2=O)[C@H](OC(C)=O)[C@@H](OC(C)=O)[C@@H]1OC(C)=O. The minimum Gasteiger partial charge on any atom is -0.463 e. The molecular formula is C32H30N2O10. The summed E-state index contributed by atoms with van der Waals surface area (Å²) in [5.41, 5.74) is 0.733.